The first-order valence-corrected chi connectivity index (χ1v) is 4.09. The molecule has 1 aromatic rings. The lowest BCUT2D eigenvalue weighted by molar-refractivity contribution is 0.882. The van der Waals surface area contributed by atoms with Gasteiger partial charge in [-0.2, -0.15) is 0 Å². The molecular formula is C7H11N3OS. The fourth-order valence-corrected chi connectivity index (χ4v) is 1.07. The topological polar surface area (TPSA) is 60.7 Å². The molecule has 0 saturated heterocycles. The lowest BCUT2D eigenvalue weighted by Crippen LogP contribution is -2.15. The lowest BCUT2D eigenvalue weighted by Gasteiger charge is -2.08. The van der Waals surface area contributed by atoms with Gasteiger partial charge in [0.1, 0.15) is 5.82 Å². The van der Waals surface area contributed by atoms with Crippen LogP contribution in [-0.2, 0) is 0 Å². The molecule has 0 atom stereocenters. The second kappa shape index (κ2) is 3.53. The van der Waals surface area contributed by atoms with Crippen molar-refractivity contribution in [3.8, 4) is 0 Å². The van der Waals surface area contributed by atoms with Gasteiger partial charge in [-0.05, 0) is 26.1 Å². The van der Waals surface area contributed by atoms with Gasteiger partial charge in [-0.25, -0.2) is 0 Å². The van der Waals surface area contributed by atoms with E-state index >= 15 is 0 Å². The van der Waals surface area contributed by atoms with Crippen LogP contribution in [0.1, 0.15) is 13.8 Å². The molecule has 0 spiro atoms. The van der Waals surface area contributed by atoms with Crippen molar-refractivity contribution >= 4 is 18.0 Å². The summed E-state index contributed by atoms with van der Waals surface area (Å²) in [6.07, 6.45) is 0. The van der Waals surface area contributed by atoms with Crippen molar-refractivity contribution in [2.24, 2.45) is 0 Å². The molecule has 0 aromatic carbocycles. The fourth-order valence-electron chi connectivity index (χ4n) is 0.857. The molecule has 0 aliphatic rings. The molecule has 0 aliphatic heterocycles. The van der Waals surface area contributed by atoms with Gasteiger partial charge in [0.05, 0.1) is 0 Å². The predicted molar refractivity (Wildman–Crippen MR) is 51.0 cm³/mol. The average Bonchev–Trinajstić information content (AvgIpc) is 1.81. The molecule has 1 heterocycles. The molecule has 1 rings (SSSR count). The number of nitrogens with one attached hydrogen (secondary N) is 3. The zero-order valence-electron chi connectivity index (χ0n) is 6.97. The standard InChI is InChI=1S/C7H11N3OS/c1-4(2)8-5-3-6(11)10-7(12)9-5/h3-4H,1-2H3,(H3,8,9,10,11,12). The number of rotatable bonds is 2. The van der Waals surface area contributed by atoms with Crippen LogP contribution in [0.25, 0.3) is 0 Å². The first kappa shape index (κ1) is 8.99. The van der Waals surface area contributed by atoms with Crippen molar-refractivity contribution in [1.82, 2.24) is 9.97 Å². The Bertz CT molecular complexity index is 337. The first-order valence-electron chi connectivity index (χ1n) is 3.68. The molecule has 0 bridgehead atoms. The van der Waals surface area contributed by atoms with E-state index in [0.717, 1.165) is 0 Å². The molecule has 0 saturated carbocycles. The molecule has 0 radical (unpaired) electrons. The van der Waals surface area contributed by atoms with Gasteiger partial charge in [0.15, 0.2) is 4.77 Å². The fraction of sp³-hybridized carbons (Fsp3) is 0.429. The third kappa shape index (κ3) is 2.50. The zero-order valence-corrected chi connectivity index (χ0v) is 7.79. The predicted octanol–water partition coefficient (Wildman–Crippen LogP) is 1.25. The van der Waals surface area contributed by atoms with E-state index < -0.39 is 0 Å². The van der Waals surface area contributed by atoms with Crippen molar-refractivity contribution in [2.45, 2.75) is 19.9 Å². The van der Waals surface area contributed by atoms with Crippen LogP contribution in [0.2, 0.25) is 0 Å². The largest absolute Gasteiger partial charge is 0.369 e. The monoisotopic (exact) mass is 185 g/mol. The van der Waals surface area contributed by atoms with Crippen LogP contribution >= 0.6 is 12.2 Å². The number of aromatic amines is 2. The summed E-state index contributed by atoms with van der Waals surface area (Å²) in [5.74, 6) is 0.652. The highest BCUT2D eigenvalue weighted by molar-refractivity contribution is 7.71. The number of H-pyrrole nitrogens is 2. The quantitative estimate of drug-likeness (QED) is 0.608. The summed E-state index contributed by atoms with van der Waals surface area (Å²) in [6.45, 7) is 3.97. The maximum atomic E-state index is 10.9. The average molecular weight is 185 g/mol. The van der Waals surface area contributed by atoms with Crippen LogP contribution in [0, 0.1) is 4.77 Å². The van der Waals surface area contributed by atoms with E-state index in [1.807, 2.05) is 13.8 Å². The molecule has 4 nitrogen and oxygen atoms in total. The zero-order chi connectivity index (χ0) is 9.14. The van der Waals surface area contributed by atoms with Crippen LogP contribution in [0.5, 0.6) is 0 Å². The highest BCUT2D eigenvalue weighted by atomic mass is 32.1. The van der Waals surface area contributed by atoms with Gasteiger partial charge in [-0.1, -0.05) is 0 Å². The van der Waals surface area contributed by atoms with Gasteiger partial charge in [0.2, 0.25) is 0 Å². The summed E-state index contributed by atoms with van der Waals surface area (Å²) in [4.78, 5) is 16.2. The smallest absolute Gasteiger partial charge is 0.253 e. The Morgan fingerprint density at radius 3 is 2.67 bits per heavy atom. The number of hydrogen-bond donors (Lipinski definition) is 3. The molecule has 3 N–H and O–H groups in total. The second-order valence-corrected chi connectivity index (χ2v) is 3.21. The van der Waals surface area contributed by atoms with Gasteiger partial charge in [0.25, 0.3) is 5.56 Å². The minimum Gasteiger partial charge on any atom is -0.369 e. The van der Waals surface area contributed by atoms with E-state index in [9.17, 15) is 4.79 Å². The summed E-state index contributed by atoms with van der Waals surface area (Å²) < 4.78 is 0.339. The Morgan fingerprint density at radius 1 is 1.50 bits per heavy atom. The van der Waals surface area contributed by atoms with Crippen LogP contribution in [0.3, 0.4) is 0 Å². The molecule has 5 heteroatoms. The van der Waals surface area contributed by atoms with Gasteiger partial charge < -0.3 is 10.3 Å². The van der Waals surface area contributed by atoms with E-state index in [0.29, 0.717) is 10.6 Å². The Labute approximate surface area is 75.0 Å². The van der Waals surface area contributed by atoms with Crippen molar-refractivity contribution in [2.75, 3.05) is 5.32 Å². The Kier molecular flexibility index (Phi) is 2.65. The van der Waals surface area contributed by atoms with E-state index in [1.54, 1.807) is 0 Å². The van der Waals surface area contributed by atoms with E-state index in [2.05, 4.69) is 15.3 Å². The van der Waals surface area contributed by atoms with Crippen molar-refractivity contribution < 1.29 is 0 Å². The summed E-state index contributed by atoms with van der Waals surface area (Å²) >= 11 is 4.79. The molecular weight excluding hydrogens is 174 g/mol. The molecule has 0 fully saturated rings. The van der Waals surface area contributed by atoms with Crippen LogP contribution in [-0.4, -0.2) is 16.0 Å². The van der Waals surface area contributed by atoms with Gasteiger partial charge >= 0.3 is 0 Å². The maximum Gasteiger partial charge on any atom is 0.253 e. The van der Waals surface area contributed by atoms with Gasteiger partial charge in [-0.3, -0.25) is 9.78 Å². The third-order valence-corrected chi connectivity index (χ3v) is 1.41. The van der Waals surface area contributed by atoms with Crippen molar-refractivity contribution in [3.05, 3.63) is 21.2 Å². The normalized spacial score (nSPS) is 10.2. The summed E-state index contributed by atoms with van der Waals surface area (Å²) in [5, 5.41) is 3.04. The first-order chi connectivity index (χ1) is 5.58. The van der Waals surface area contributed by atoms with E-state index in [1.165, 1.54) is 6.07 Å². The SMILES string of the molecule is CC(C)Nc1cc(=O)[nH]c(=S)[nH]1. The van der Waals surface area contributed by atoms with Crippen LogP contribution in [0.15, 0.2) is 10.9 Å². The summed E-state index contributed by atoms with van der Waals surface area (Å²) in [7, 11) is 0. The molecule has 0 amide bonds. The Hall–Kier alpha value is -1.10. The molecule has 66 valence electrons. The summed E-state index contributed by atoms with van der Waals surface area (Å²) in [6, 6.07) is 1.72. The maximum absolute atomic E-state index is 10.9. The lowest BCUT2D eigenvalue weighted by atomic mass is 10.4. The van der Waals surface area contributed by atoms with Crippen LogP contribution in [0.4, 0.5) is 5.82 Å². The highest BCUT2D eigenvalue weighted by Gasteiger charge is 1.95. The number of aromatic nitrogens is 2. The van der Waals surface area contributed by atoms with Crippen molar-refractivity contribution in [3.63, 3.8) is 0 Å². The Balaban J connectivity index is 3.01. The van der Waals surface area contributed by atoms with Gasteiger partial charge in [0, 0.05) is 12.1 Å². The third-order valence-electron chi connectivity index (χ3n) is 1.20. The number of anilines is 1. The van der Waals surface area contributed by atoms with Crippen molar-refractivity contribution in [1.29, 1.82) is 0 Å². The van der Waals surface area contributed by atoms with Gasteiger partial charge in [-0.15, -0.1) is 0 Å². The Morgan fingerprint density at radius 2 is 2.17 bits per heavy atom. The minimum absolute atomic E-state index is 0.193. The summed E-state index contributed by atoms with van der Waals surface area (Å²) in [5.41, 5.74) is -0.193. The number of hydrogen-bond acceptors (Lipinski definition) is 3. The van der Waals surface area contributed by atoms with Crippen LogP contribution < -0.4 is 10.9 Å². The second-order valence-electron chi connectivity index (χ2n) is 2.80. The minimum atomic E-state index is -0.193. The van der Waals surface area contributed by atoms with E-state index in [-0.39, 0.29) is 11.6 Å². The molecule has 1 aromatic heterocycles. The molecule has 0 unspecified atom stereocenters. The molecule has 12 heavy (non-hydrogen) atoms. The highest BCUT2D eigenvalue weighted by Crippen LogP contribution is 1.98. The van der Waals surface area contributed by atoms with E-state index in [4.69, 9.17) is 12.2 Å². The molecule has 0 aliphatic carbocycles.